The SMILES string of the molecule is CCCCCC/C=C\C=C/CCCCCCCC(=O)OC[C@H](COP(=O)(O)OC[C@@H](O)COP(=O)(O)OC[C@@H](COC(=O)CCCCCCCCCCCCCC)OC(=O)CCCCCCCCCCCCC(C)C)OC(=O)CCCCCCCCCCCCCCCCCCCCC. The molecule has 0 aromatic carbocycles. The number of allylic oxidation sites excluding steroid dienone is 4. The Morgan fingerprint density at radius 3 is 0.828 bits per heavy atom. The molecular formula is C80H152O17P2. The van der Waals surface area contributed by atoms with Gasteiger partial charge in [0.15, 0.2) is 12.2 Å². The van der Waals surface area contributed by atoms with Gasteiger partial charge in [-0.1, -0.05) is 348 Å². The molecule has 0 bridgehead atoms. The fourth-order valence-corrected chi connectivity index (χ4v) is 13.4. The third-order valence-corrected chi connectivity index (χ3v) is 20.1. The standard InChI is InChI=1S/C80H152O17P2/c1-6-9-12-15-18-21-24-27-29-30-31-32-34-36-39-45-50-55-60-65-79(84)96-75(69-91-78(83)64-59-54-49-44-38-35-33-28-25-22-19-16-13-10-7-2)71-94-98(86,87)92-67-74(81)68-93-99(88,89)95-72-76(70-90-77(82)63-58-53-48-43-37-26-23-20-17-14-11-8-3)97-80(85)66-61-56-51-46-41-40-42-47-52-57-62-73(4)5/h22,25,28,33,73-76,81H,6-21,23-24,26-27,29-32,34-72H2,1-5H3,(H,86,87)(H,88,89)/b25-22-,33-28-/t74-,75-,76-/m1/s1. The first kappa shape index (κ1) is 96.5. The molecule has 0 spiro atoms. The van der Waals surface area contributed by atoms with E-state index in [0.717, 1.165) is 115 Å². The molecule has 19 heteroatoms. The van der Waals surface area contributed by atoms with Crippen molar-refractivity contribution >= 4 is 39.5 Å². The minimum absolute atomic E-state index is 0.102. The first-order valence-corrected chi connectivity index (χ1v) is 43.9. The molecule has 0 saturated heterocycles. The molecule has 0 fully saturated rings. The molecule has 2 unspecified atom stereocenters. The largest absolute Gasteiger partial charge is 0.472 e. The third kappa shape index (κ3) is 73.6. The van der Waals surface area contributed by atoms with Crippen LogP contribution in [0.2, 0.25) is 0 Å². The minimum atomic E-state index is -4.97. The van der Waals surface area contributed by atoms with E-state index < -0.39 is 97.5 Å². The van der Waals surface area contributed by atoms with Gasteiger partial charge in [0.1, 0.15) is 19.3 Å². The molecule has 0 radical (unpaired) electrons. The summed E-state index contributed by atoms with van der Waals surface area (Å²) in [5.41, 5.74) is 0. The van der Waals surface area contributed by atoms with Crippen LogP contribution in [-0.4, -0.2) is 96.7 Å². The molecule has 0 aliphatic rings. The fraction of sp³-hybridized carbons (Fsp3) is 0.900. The predicted octanol–water partition coefficient (Wildman–Crippen LogP) is 23.6. The van der Waals surface area contributed by atoms with Gasteiger partial charge in [-0.2, -0.15) is 0 Å². The van der Waals surface area contributed by atoms with Gasteiger partial charge in [-0.05, 0) is 57.3 Å². The third-order valence-electron chi connectivity index (χ3n) is 18.2. The maximum atomic E-state index is 13.1. The Labute approximate surface area is 605 Å². The second-order valence-electron chi connectivity index (χ2n) is 28.6. The predicted molar refractivity (Wildman–Crippen MR) is 404 cm³/mol. The van der Waals surface area contributed by atoms with Crippen LogP contribution in [0.25, 0.3) is 0 Å². The van der Waals surface area contributed by atoms with E-state index in [-0.39, 0.29) is 25.7 Å². The van der Waals surface area contributed by atoms with E-state index in [1.807, 2.05) is 0 Å². The zero-order valence-corrected chi connectivity index (χ0v) is 65.9. The van der Waals surface area contributed by atoms with Crippen LogP contribution in [0.3, 0.4) is 0 Å². The lowest BCUT2D eigenvalue weighted by Gasteiger charge is -2.21. The summed E-state index contributed by atoms with van der Waals surface area (Å²) in [6.45, 7) is 7.24. The summed E-state index contributed by atoms with van der Waals surface area (Å²) < 4.78 is 68.6. The lowest BCUT2D eigenvalue weighted by Crippen LogP contribution is -2.30. The van der Waals surface area contributed by atoms with Crippen LogP contribution in [0.1, 0.15) is 401 Å². The van der Waals surface area contributed by atoms with Crippen LogP contribution in [0.4, 0.5) is 0 Å². The number of esters is 4. The van der Waals surface area contributed by atoms with E-state index in [1.54, 1.807) is 0 Å². The van der Waals surface area contributed by atoms with Crippen LogP contribution < -0.4 is 0 Å². The van der Waals surface area contributed by atoms with Crippen molar-refractivity contribution in [2.24, 2.45) is 5.92 Å². The molecule has 17 nitrogen and oxygen atoms in total. The van der Waals surface area contributed by atoms with Crippen LogP contribution in [0.5, 0.6) is 0 Å². The Morgan fingerprint density at radius 1 is 0.313 bits per heavy atom. The average molecular weight is 1450 g/mol. The Balaban J connectivity index is 5.28. The Bertz CT molecular complexity index is 1990. The molecule has 0 heterocycles. The smallest absolute Gasteiger partial charge is 0.462 e. The highest BCUT2D eigenvalue weighted by molar-refractivity contribution is 7.47. The number of unbranched alkanes of at least 4 members (excludes halogenated alkanes) is 47. The van der Waals surface area contributed by atoms with Crippen molar-refractivity contribution in [3.63, 3.8) is 0 Å². The van der Waals surface area contributed by atoms with E-state index in [0.29, 0.717) is 25.7 Å². The van der Waals surface area contributed by atoms with Crippen molar-refractivity contribution in [2.45, 2.75) is 419 Å². The first-order chi connectivity index (χ1) is 48.0. The van der Waals surface area contributed by atoms with Crippen LogP contribution >= 0.6 is 15.6 Å². The molecule has 99 heavy (non-hydrogen) atoms. The maximum absolute atomic E-state index is 13.1. The number of carbonyl (C=O) groups excluding carboxylic acids is 4. The highest BCUT2D eigenvalue weighted by Crippen LogP contribution is 2.45. The van der Waals surface area contributed by atoms with E-state index in [2.05, 4.69) is 58.9 Å². The van der Waals surface area contributed by atoms with Crippen molar-refractivity contribution < 1.29 is 80.2 Å². The molecule has 0 aromatic rings. The van der Waals surface area contributed by atoms with Gasteiger partial charge in [0.25, 0.3) is 0 Å². The second-order valence-corrected chi connectivity index (χ2v) is 31.5. The van der Waals surface area contributed by atoms with Gasteiger partial charge >= 0.3 is 39.5 Å². The molecule has 584 valence electrons. The Hall–Kier alpha value is -2.46. The van der Waals surface area contributed by atoms with Gasteiger partial charge in [-0.3, -0.25) is 37.3 Å². The second kappa shape index (κ2) is 72.5. The molecule has 0 saturated carbocycles. The number of rotatable bonds is 78. The summed E-state index contributed by atoms with van der Waals surface area (Å²) in [7, 11) is -9.93. The van der Waals surface area contributed by atoms with Gasteiger partial charge in [0.05, 0.1) is 26.4 Å². The Kier molecular flexibility index (Phi) is 70.7. The van der Waals surface area contributed by atoms with Crippen LogP contribution in [-0.2, 0) is 65.4 Å². The highest BCUT2D eigenvalue weighted by Gasteiger charge is 2.30. The van der Waals surface area contributed by atoms with Crippen molar-refractivity contribution in [3.05, 3.63) is 24.3 Å². The molecule has 5 atom stereocenters. The van der Waals surface area contributed by atoms with Crippen molar-refractivity contribution in [2.75, 3.05) is 39.6 Å². The van der Waals surface area contributed by atoms with Crippen LogP contribution in [0, 0.1) is 5.92 Å². The van der Waals surface area contributed by atoms with E-state index >= 15 is 0 Å². The summed E-state index contributed by atoms with van der Waals surface area (Å²) in [6.07, 6.45) is 65.9. The molecule has 0 aromatic heterocycles. The lowest BCUT2D eigenvalue weighted by atomic mass is 10.0. The maximum Gasteiger partial charge on any atom is 0.472 e. The zero-order chi connectivity index (χ0) is 72.7. The van der Waals surface area contributed by atoms with E-state index in [4.69, 9.17) is 37.0 Å². The molecule has 0 amide bonds. The molecule has 3 N–H and O–H groups in total. The lowest BCUT2D eigenvalue weighted by molar-refractivity contribution is -0.161. The minimum Gasteiger partial charge on any atom is -0.462 e. The molecule has 0 rings (SSSR count). The van der Waals surface area contributed by atoms with Crippen molar-refractivity contribution in [3.8, 4) is 0 Å². The zero-order valence-electron chi connectivity index (χ0n) is 64.1. The number of hydrogen-bond acceptors (Lipinski definition) is 15. The van der Waals surface area contributed by atoms with Gasteiger partial charge in [0, 0.05) is 25.7 Å². The van der Waals surface area contributed by atoms with Crippen molar-refractivity contribution in [1.29, 1.82) is 0 Å². The number of aliphatic hydroxyl groups is 1. The van der Waals surface area contributed by atoms with Crippen molar-refractivity contribution in [1.82, 2.24) is 0 Å². The number of phosphoric acid groups is 2. The summed E-state index contributed by atoms with van der Waals surface area (Å²) in [5.74, 6) is -1.39. The van der Waals surface area contributed by atoms with Gasteiger partial charge in [-0.15, -0.1) is 0 Å². The fourth-order valence-electron chi connectivity index (χ4n) is 11.9. The number of carbonyl (C=O) groups is 4. The highest BCUT2D eigenvalue weighted by atomic mass is 31.2. The first-order valence-electron chi connectivity index (χ1n) is 41.0. The van der Waals surface area contributed by atoms with Gasteiger partial charge in [0.2, 0.25) is 0 Å². The normalized spacial score (nSPS) is 14.0. The summed E-state index contributed by atoms with van der Waals surface area (Å²) >= 11 is 0. The number of hydrogen-bond donors (Lipinski definition) is 3. The van der Waals surface area contributed by atoms with E-state index in [1.165, 1.54) is 205 Å². The van der Waals surface area contributed by atoms with Crippen LogP contribution in [0.15, 0.2) is 24.3 Å². The molecule has 0 aliphatic heterocycles. The monoisotopic (exact) mass is 1450 g/mol. The summed E-state index contributed by atoms with van der Waals surface area (Å²) in [5, 5.41) is 10.6. The number of ether oxygens (including phenoxy) is 4. The quantitative estimate of drug-likeness (QED) is 0.0169. The topological polar surface area (TPSA) is 237 Å². The van der Waals surface area contributed by atoms with Gasteiger partial charge < -0.3 is 33.8 Å². The summed E-state index contributed by atoms with van der Waals surface area (Å²) in [4.78, 5) is 73.0. The summed E-state index contributed by atoms with van der Waals surface area (Å²) in [6, 6.07) is 0. The average Bonchev–Trinajstić information content (AvgIpc) is 1.12. The molecule has 0 aliphatic carbocycles. The van der Waals surface area contributed by atoms with Gasteiger partial charge in [-0.25, -0.2) is 9.13 Å². The van der Waals surface area contributed by atoms with E-state index in [9.17, 15) is 43.2 Å². The number of aliphatic hydroxyl groups excluding tert-OH is 1. The Morgan fingerprint density at radius 2 is 0.545 bits per heavy atom. The number of phosphoric ester groups is 2. The molecular weight excluding hydrogens is 1290 g/mol.